The first-order valence-electron chi connectivity index (χ1n) is 16.8. The molecule has 7 heterocycles. The van der Waals surface area contributed by atoms with Crippen LogP contribution in [0.3, 0.4) is 0 Å². The number of pyridine rings is 2. The number of hydrogen-bond donors (Lipinski definition) is 4. The monoisotopic (exact) mass is 836 g/mol. The normalized spacial score (nSPS) is 23.4. The molecule has 2 bridgehead atoms. The van der Waals surface area contributed by atoms with Crippen molar-refractivity contribution >= 4 is 34.5 Å². The summed E-state index contributed by atoms with van der Waals surface area (Å²) in [6, 6.07) is 0.00913. The number of nitrogens with two attached hydrogens (primary N) is 1. The van der Waals surface area contributed by atoms with E-state index in [0.29, 0.717) is 32.3 Å². The molecule has 0 aliphatic carbocycles. The Bertz CT molecular complexity index is 1980. The molecule has 0 radical (unpaired) electrons. The van der Waals surface area contributed by atoms with Gasteiger partial charge in [-0.25, -0.2) is 28.3 Å². The molecule has 4 saturated heterocycles. The van der Waals surface area contributed by atoms with Gasteiger partial charge in [0, 0.05) is 49.9 Å². The SMILES string of the molecule is Cc1c(C(F)(F)F)cnc(N)c1-c1nc(F)c2c(N3C[C@H]4CC[C@@H](C3)N4)nc(OC[C@@]34CCCN3C[C@H](F)C4)nc2c1F.O=C(O)C(F)(F)F.O=C(O)C(F)(F)F. The Morgan fingerprint density at radius 2 is 1.54 bits per heavy atom. The Hall–Kier alpha value is -4.94. The highest BCUT2D eigenvalue weighted by molar-refractivity contribution is 5.93. The molecule has 0 amide bonds. The zero-order chi connectivity index (χ0) is 42.4. The maximum atomic E-state index is 16.4. The minimum absolute atomic E-state index is 0.0524. The first-order valence-corrected chi connectivity index (χ1v) is 16.8. The number of halogens is 12. The average Bonchev–Trinajstić information content (AvgIpc) is 3.74. The molecule has 7 rings (SSSR count). The van der Waals surface area contributed by atoms with Crippen LogP contribution < -0.4 is 20.7 Å². The highest BCUT2D eigenvalue weighted by Gasteiger charge is 2.49. The van der Waals surface area contributed by atoms with Gasteiger partial charge in [0.15, 0.2) is 5.82 Å². The summed E-state index contributed by atoms with van der Waals surface area (Å²) in [6.45, 7) is 3.12. The molecule has 3 aromatic heterocycles. The zero-order valence-corrected chi connectivity index (χ0v) is 29.3. The van der Waals surface area contributed by atoms with Crippen LogP contribution in [-0.2, 0) is 15.8 Å². The number of carboxylic acid groups (broad SMARTS) is 2. The summed E-state index contributed by atoms with van der Waals surface area (Å²) in [5.74, 6) is -8.21. The van der Waals surface area contributed by atoms with E-state index in [4.69, 9.17) is 30.3 Å². The van der Waals surface area contributed by atoms with Crippen LogP contribution in [0.4, 0.5) is 64.3 Å². The van der Waals surface area contributed by atoms with E-state index in [2.05, 4.69) is 25.3 Å². The Balaban J connectivity index is 0.000000380. The van der Waals surface area contributed by atoms with Crippen LogP contribution in [0.2, 0.25) is 0 Å². The number of nitrogens with zero attached hydrogens (tertiary/aromatic N) is 6. The third kappa shape index (κ3) is 9.28. The summed E-state index contributed by atoms with van der Waals surface area (Å²) >= 11 is 0. The fourth-order valence-electron chi connectivity index (χ4n) is 7.38. The molecule has 314 valence electrons. The van der Waals surface area contributed by atoms with Crippen LogP contribution in [-0.4, -0.2) is 116 Å². The van der Waals surface area contributed by atoms with E-state index < -0.39 is 87.7 Å². The van der Waals surface area contributed by atoms with Crippen molar-refractivity contribution in [3.05, 3.63) is 29.1 Å². The lowest BCUT2D eigenvalue weighted by Gasteiger charge is -2.34. The van der Waals surface area contributed by atoms with Crippen LogP contribution in [0.5, 0.6) is 6.01 Å². The quantitative estimate of drug-likeness (QED) is 0.189. The minimum atomic E-state index is -5.08. The van der Waals surface area contributed by atoms with E-state index in [1.54, 1.807) is 0 Å². The van der Waals surface area contributed by atoms with Gasteiger partial charge in [-0.3, -0.25) is 4.90 Å². The van der Waals surface area contributed by atoms with Gasteiger partial charge in [0.05, 0.1) is 11.1 Å². The standard InChI is InChI=1S/C28H30F6N8O.2C2HF3O2/c1-13-17(28(32,33)34)8-36-24(35)18(13)21-20(30)22-19(23(31)38-21)25(41-10-15-3-4-16(11-41)37-15)40-26(39-22)43-12-27-5-2-6-42(27)9-14(29)7-27;2*3-2(4,5)1(6)7/h8,14-16,37H,2-7,9-12H2,1H3,(H2,35,36);2*(H,6,7)/t14-,15-,16+,27+;;/m1../s1. The van der Waals surface area contributed by atoms with E-state index in [1.165, 1.54) is 0 Å². The molecular formula is C32H32F12N8O5. The topological polar surface area (TPSA) is 180 Å². The second-order valence-electron chi connectivity index (χ2n) is 13.7. The number of fused-ring (bicyclic) bond motifs is 4. The molecule has 0 spiro atoms. The van der Waals surface area contributed by atoms with Crippen LogP contribution in [0, 0.1) is 18.7 Å². The number of rotatable bonds is 5. The molecule has 4 fully saturated rings. The Morgan fingerprint density at radius 1 is 0.965 bits per heavy atom. The smallest absolute Gasteiger partial charge is 0.475 e. The molecule has 4 aliphatic heterocycles. The van der Waals surface area contributed by atoms with Crippen molar-refractivity contribution in [1.82, 2.24) is 30.2 Å². The van der Waals surface area contributed by atoms with Crippen molar-refractivity contribution in [3.63, 3.8) is 0 Å². The Kier molecular flexibility index (Phi) is 12.0. The average molecular weight is 837 g/mol. The molecule has 4 aliphatic rings. The van der Waals surface area contributed by atoms with E-state index in [1.807, 2.05) is 9.80 Å². The van der Waals surface area contributed by atoms with Gasteiger partial charge in [-0.2, -0.15) is 53.9 Å². The third-order valence-corrected chi connectivity index (χ3v) is 9.84. The summed E-state index contributed by atoms with van der Waals surface area (Å²) in [4.78, 5) is 37.8. The summed E-state index contributed by atoms with van der Waals surface area (Å²) in [7, 11) is 0. The largest absolute Gasteiger partial charge is 0.490 e. The van der Waals surface area contributed by atoms with Gasteiger partial charge >= 0.3 is 36.5 Å². The van der Waals surface area contributed by atoms with Gasteiger partial charge in [-0.05, 0) is 44.7 Å². The van der Waals surface area contributed by atoms with Crippen LogP contribution in [0.25, 0.3) is 22.2 Å². The first kappa shape index (κ1) is 43.2. The molecular weight excluding hydrogens is 804 g/mol. The van der Waals surface area contributed by atoms with Gasteiger partial charge in [0.25, 0.3) is 0 Å². The number of carboxylic acids is 2. The first-order chi connectivity index (χ1) is 26.3. The summed E-state index contributed by atoms with van der Waals surface area (Å²) < 4.78 is 157. The lowest BCUT2D eigenvalue weighted by Crippen LogP contribution is -2.51. The van der Waals surface area contributed by atoms with Gasteiger partial charge in [-0.15, -0.1) is 0 Å². The molecule has 0 saturated carbocycles. The number of ether oxygens (including phenoxy) is 1. The number of hydrogen-bond acceptors (Lipinski definition) is 11. The fourth-order valence-corrected chi connectivity index (χ4v) is 7.38. The lowest BCUT2D eigenvalue weighted by molar-refractivity contribution is -0.193. The highest BCUT2D eigenvalue weighted by Crippen LogP contribution is 2.43. The number of nitrogen functional groups attached to an aromatic ring is 1. The Morgan fingerprint density at radius 3 is 2.09 bits per heavy atom. The summed E-state index contributed by atoms with van der Waals surface area (Å²) in [5, 5.41) is 17.4. The molecule has 25 heteroatoms. The zero-order valence-electron chi connectivity index (χ0n) is 29.3. The minimum Gasteiger partial charge on any atom is -0.475 e. The fraction of sp³-hybridized carbons (Fsp3) is 0.562. The molecule has 13 nitrogen and oxygen atoms in total. The maximum absolute atomic E-state index is 16.4. The van der Waals surface area contributed by atoms with Crippen molar-refractivity contribution in [2.45, 2.75) is 81.4 Å². The van der Waals surface area contributed by atoms with Crippen molar-refractivity contribution < 1.29 is 77.2 Å². The molecule has 0 aromatic carbocycles. The van der Waals surface area contributed by atoms with Gasteiger partial charge in [0.1, 0.15) is 41.0 Å². The third-order valence-electron chi connectivity index (χ3n) is 9.84. The van der Waals surface area contributed by atoms with Crippen molar-refractivity contribution in [2.24, 2.45) is 0 Å². The van der Waals surface area contributed by atoms with Crippen LogP contribution >= 0.6 is 0 Å². The van der Waals surface area contributed by atoms with Gasteiger partial charge in [-0.1, -0.05) is 0 Å². The van der Waals surface area contributed by atoms with Gasteiger partial charge < -0.3 is 30.9 Å². The maximum Gasteiger partial charge on any atom is 0.490 e. The number of anilines is 2. The van der Waals surface area contributed by atoms with E-state index >= 15 is 8.78 Å². The number of carbonyl (C=O) groups is 2. The lowest BCUT2D eigenvalue weighted by atomic mass is 9.95. The van der Waals surface area contributed by atoms with Crippen LogP contribution in [0.15, 0.2) is 6.20 Å². The predicted molar refractivity (Wildman–Crippen MR) is 173 cm³/mol. The second kappa shape index (κ2) is 15.8. The predicted octanol–water partition coefficient (Wildman–Crippen LogP) is 5.44. The number of aromatic nitrogens is 4. The van der Waals surface area contributed by atoms with E-state index in [0.717, 1.165) is 32.7 Å². The summed E-state index contributed by atoms with van der Waals surface area (Å²) in [6.07, 6.45) is -11.7. The van der Waals surface area contributed by atoms with Crippen LogP contribution in [0.1, 0.15) is 43.2 Å². The Labute approximate surface area is 313 Å². The van der Waals surface area contributed by atoms with Crippen molar-refractivity contribution in [3.8, 4) is 17.3 Å². The molecule has 4 atom stereocenters. The van der Waals surface area contributed by atoms with Crippen molar-refractivity contribution in [2.75, 3.05) is 43.4 Å². The second-order valence-corrected chi connectivity index (χ2v) is 13.7. The molecule has 3 aromatic rings. The number of alkyl halides is 10. The van der Waals surface area contributed by atoms with E-state index in [9.17, 15) is 43.9 Å². The number of nitrogens with one attached hydrogen (secondary N) is 1. The van der Waals surface area contributed by atoms with Crippen molar-refractivity contribution in [1.29, 1.82) is 0 Å². The summed E-state index contributed by atoms with van der Waals surface area (Å²) in [5.41, 5.74) is 2.04. The highest BCUT2D eigenvalue weighted by atomic mass is 19.4. The van der Waals surface area contributed by atoms with Gasteiger partial charge in [0.2, 0.25) is 5.95 Å². The van der Waals surface area contributed by atoms with E-state index in [-0.39, 0.29) is 42.3 Å². The number of aliphatic carboxylic acids is 2. The molecule has 0 unspecified atom stereocenters. The number of piperazine rings is 1. The molecule has 57 heavy (non-hydrogen) atoms. The molecule has 5 N–H and O–H groups in total.